The summed E-state index contributed by atoms with van der Waals surface area (Å²) < 4.78 is 6.11. The Hall–Kier alpha value is -0.920. The van der Waals surface area contributed by atoms with Gasteiger partial charge < -0.3 is 15.4 Å². The average molecular weight is 333 g/mol. The summed E-state index contributed by atoms with van der Waals surface area (Å²) in [5.41, 5.74) is 6.30. The minimum Gasteiger partial charge on any atom is -0.377 e. The Morgan fingerprint density at radius 1 is 1.61 bits per heavy atom. The summed E-state index contributed by atoms with van der Waals surface area (Å²) in [6, 6.07) is 1.14. The van der Waals surface area contributed by atoms with Crippen molar-refractivity contribution in [1.29, 1.82) is 0 Å². The molecular weight excluding hydrogens is 320 g/mol. The Labute approximate surface area is 117 Å². The molecule has 1 aromatic heterocycles. The Morgan fingerprint density at radius 3 is 2.89 bits per heavy atom. The molecule has 0 radical (unpaired) electrons. The molecule has 18 heavy (non-hydrogen) atoms. The minimum atomic E-state index is -0.674. The Morgan fingerprint density at radius 2 is 2.33 bits per heavy atom. The van der Waals surface area contributed by atoms with Crippen LogP contribution in [-0.4, -0.2) is 42.5 Å². The zero-order chi connectivity index (χ0) is 13.3. The summed E-state index contributed by atoms with van der Waals surface area (Å²) in [7, 11) is 0. The molecule has 5 nitrogen and oxygen atoms in total. The molecule has 2 N–H and O–H groups in total. The molecule has 0 aromatic carbocycles. The van der Waals surface area contributed by atoms with Crippen LogP contribution in [0.5, 0.6) is 0 Å². The Bertz CT molecular complexity index is 469. The normalized spacial score (nSPS) is 19.9. The maximum absolute atomic E-state index is 12.3. The number of nitrogens with two attached hydrogens (primary N) is 1. The molecule has 7 heteroatoms. The number of thiophene rings is 1. The van der Waals surface area contributed by atoms with E-state index in [1.807, 2.05) is 13.0 Å². The predicted octanol–water partition coefficient (Wildman–Crippen LogP) is 1.15. The molecule has 2 rings (SSSR count). The second-order valence-corrected chi connectivity index (χ2v) is 6.43. The first kappa shape index (κ1) is 13.5. The Balaban J connectivity index is 2.23. The molecule has 1 unspecified atom stereocenters. The van der Waals surface area contributed by atoms with Crippen molar-refractivity contribution in [1.82, 2.24) is 4.90 Å². The first-order valence-electron chi connectivity index (χ1n) is 5.44. The van der Waals surface area contributed by atoms with E-state index in [0.717, 1.165) is 9.35 Å². The average Bonchev–Trinajstić information content (AvgIpc) is 2.68. The van der Waals surface area contributed by atoms with Gasteiger partial charge in [0.05, 0.1) is 21.9 Å². The monoisotopic (exact) mass is 332 g/mol. The third-order valence-electron chi connectivity index (χ3n) is 2.79. The zero-order valence-corrected chi connectivity index (χ0v) is 12.2. The third-order valence-corrected chi connectivity index (χ3v) is 4.91. The molecule has 1 fully saturated rings. The van der Waals surface area contributed by atoms with E-state index in [1.165, 1.54) is 16.2 Å². The van der Waals surface area contributed by atoms with Crippen molar-refractivity contribution in [2.75, 3.05) is 19.8 Å². The van der Waals surface area contributed by atoms with E-state index >= 15 is 0 Å². The van der Waals surface area contributed by atoms with Crippen molar-refractivity contribution < 1.29 is 14.3 Å². The number of aryl methyl sites for hydroxylation is 1. The van der Waals surface area contributed by atoms with Gasteiger partial charge in [-0.05, 0) is 34.5 Å². The topological polar surface area (TPSA) is 72.6 Å². The molecule has 98 valence electrons. The summed E-state index contributed by atoms with van der Waals surface area (Å²) in [4.78, 5) is 25.7. The fourth-order valence-electron chi connectivity index (χ4n) is 1.79. The second-order valence-electron chi connectivity index (χ2n) is 4.06. The fraction of sp³-hybridized carbons (Fsp3) is 0.455. The highest BCUT2D eigenvalue weighted by atomic mass is 79.9. The number of nitrogens with zero attached hydrogens (tertiary/aromatic N) is 1. The lowest BCUT2D eigenvalue weighted by Crippen LogP contribution is -2.54. The summed E-state index contributed by atoms with van der Waals surface area (Å²) in [5.74, 6) is -0.698. The van der Waals surface area contributed by atoms with Crippen molar-refractivity contribution in [3.63, 3.8) is 0 Å². The van der Waals surface area contributed by atoms with E-state index in [1.54, 1.807) is 0 Å². The number of primary amides is 1. The molecule has 0 spiro atoms. The molecule has 1 atom stereocenters. The number of hydrogen-bond acceptors (Lipinski definition) is 4. The van der Waals surface area contributed by atoms with Crippen molar-refractivity contribution in [3.8, 4) is 0 Å². The third kappa shape index (κ3) is 2.57. The van der Waals surface area contributed by atoms with Gasteiger partial charge in [-0.15, -0.1) is 11.3 Å². The minimum absolute atomic E-state index is 0.166. The van der Waals surface area contributed by atoms with Crippen LogP contribution in [0.3, 0.4) is 0 Å². The number of halogens is 1. The lowest BCUT2D eigenvalue weighted by Gasteiger charge is -2.33. The van der Waals surface area contributed by atoms with Gasteiger partial charge in [-0.25, -0.2) is 0 Å². The Kier molecular flexibility index (Phi) is 4.04. The first-order chi connectivity index (χ1) is 8.50. The number of carbonyl (C=O) groups excluding carboxylic acids is 2. The van der Waals surface area contributed by atoms with Gasteiger partial charge in [0, 0.05) is 6.54 Å². The van der Waals surface area contributed by atoms with Crippen LogP contribution in [0.25, 0.3) is 0 Å². The van der Waals surface area contributed by atoms with Gasteiger partial charge in [-0.2, -0.15) is 0 Å². The molecule has 0 saturated carbocycles. The summed E-state index contributed by atoms with van der Waals surface area (Å²) >= 11 is 4.75. The van der Waals surface area contributed by atoms with Crippen LogP contribution in [-0.2, 0) is 9.53 Å². The predicted molar refractivity (Wildman–Crippen MR) is 71.6 cm³/mol. The lowest BCUT2D eigenvalue weighted by molar-refractivity contribution is -0.127. The quantitative estimate of drug-likeness (QED) is 0.882. The van der Waals surface area contributed by atoms with Crippen LogP contribution in [0.4, 0.5) is 0 Å². The molecule has 1 aromatic rings. The van der Waals surface area contributed by atoms with Gasteiger partial charge in [-0.1, -0.05) is 0 Å². The van der Waals surface area contributed by atoms with Gasteiger partial charge in [0.15, 0.2) is 0 Å². The molecule has 2 amide bonds. The van der Waals surface area contributed by atoms with E-state index in [9.17, 15) is 9.59 Å². The fourth-order valence-corrected chi connectivity index (χ4v) is 3.28. The number of ether oxygens (including phenoxy) is 1. The zero-order valence-electron chi connectivity index (χ0n) is 9.81. The van der Waals surface area contributed by atoms with Crippen molar-refractivity contribution >= 4 is 39.1 Å². The van der Waals surface area contributed by atoms with E-state index in [2.05, 4.69) is 15.9 Å². The van der Waals surface area contributed by atoms with Crippen LogP contribution < -0.4 is 5.73 Å². The highest BCUT2D eigenvalue weighted by Crippen LogP contribution is 2.28. The highest BCUT2D eigenvalue weighted by Gasteiger charge is 2.32. The van der Waals surface area contributed by atoms with Gasteiger partial charge >= 0.3 is 0 Å². The van der Waals surface area contributed by atoms with Crippen LogP contribution >= 0.6 is 27.3 Å². The highest BCUT2D eigenvalue weighted by molar-refractivity contribution is 9.11. The van der Waals surface area contributed by atoms with Gasteiger partial charge in [0.1, 0.15) is 6.04 Å². The molecule has 0 aliphatic carbocycles. The molecule has 1 saturated heterocycles. The van der Waals surface area contributed by atoms with E-state index in [4.69, 9.17) is 10.5 Å². The van der Waals surface area contributed by atoms with Crippen molar-refractivity contribution in [3.05, 3.63) is 20.3 Å². The van der Waals surface area contributed by atoms with Crippen LogP contribution in [0.2, 0.25) is 0 Å². The summed E-state index contributed by atoms with van der Waals surface area (Å²) in [5, 5.41) is 0. The maximum Gasteiger partial charge on any atom is 0.264 e. The molecular formula is C11H13BrN2O3S. The molecule has 0 bridgehead atoms. The largest absolute Gasteiger partial charge is 0.377 e. The van der Waals surface area contributed by atoms with E-state index < -0.39 is 11.9 Å². The standard InChI is InChI=1S/C11H13BrN2O3S/c1-6-4-8(18-9(6)12)11(16)14-2-3-17-5-7(14)10(13)15/h4,7H,2-3,5H2,1H3,(H2,13,15). The lowest BCUT2D eigenvalue weighted by atomic mass is 10.2. The molecule has 1 aliphatic rings. The van der Waals surface area contributed by atoms with E-state index in [0.29, 0.717) is 18.0 Å². The van der Waals surface area contributed by atoms with Gasteiger partial charge in [0.2, 0.25) is 5.91 Å². The van der Waals surface area contributed by atoms with Crippen molar-refractivity contribution in [2.45, 2.75) is 13.0 Å². The smallest absolute Gasteiger partial charge is 0.264 e. The van der Waals surface area contributed by atoms with Crippen LogP contribution in [0, 0.1) is 6.92 Å². The van der Waals surface area contributed by atoms with Gasteiger partial charge in [0.25, 0.3) is 5.91 Å². The number of hydrogen-bond donors (Lipinski definition) is 1. The SMILES string of the molecule is Cc1cc(C(=O)N2CCOCC2C(N)=O)sc1Br. The summed E-state index contributed by atoms with van der Waals surface area (Å²) in [6.07, 6.45) is 0. The van der Waals surface area contributed by atoms with Crippen LogP contribution in [0.15, 0.2) is 9.85 Å². The summed E-state index contributed by atoms with van der Waals surface area (Å²) in [6.45, 7) is 2.91. The second kappa shape index (κ2) is 5.38. The number of amides is 2. The number of rotatable bonds is 2. The molecule has 1 aliphatic heterocycles. The van der Waals surface area contributed by atoms with Crippen LogP contribution in [0.1, 0.15) is 15.2 Å². The number of carbonyl (C=O) groups is 2. The van der Waals surface area contributed by atoms with E-state index in [-0.39, 0.29) is 12.5 Å². The molecule has 2 heterocycles. The first-order valence-corrected chi connectivity index (χ1v) is 7.05. The van der Waals surface area contributed by atoms with Crippen molar-refractivity contribution in [2.24, 2.45) is 5.73 Å². The maximum atomic E-state index is 12.3. The number of morpholine rings is 1. The van der Waals surface area contributed by atoms with Gasteiger partial charge in [-0.3, -0.25) is 9.59 Å².